The number of anilines is 1. The summed E-state index contributed by atoms with van der Waals surface area (Å²) in [6.07, 6.45) is 0. The van der Waals surface area contributed by atoms with Crippen molar-refractivity contribution in [2.24, 2.45) is 0 Å². The van der Waals surface area contributed by atoms with Gasteiger partial charge in [0.15, 0.2) is 0 Å². The fourth-order valence-electron chi connectivity index (χ4n) is 3.22. The van der Waals surface area contributed by atoms with Crippen molar-refractivity contribution in [2.45, 2.75) is 52.4 Å². The molecule has 1 fully saturated rings. The van der Waals surface area contributed by atoms with Gasteiger partial charge in [-0.15, -0.1) is 0 Å². The van der Waals surface area contributed by atoms with Gasteiger partial charge in [0, 0.05) is 30.3 Å². The maximum Gasteiger partial charge on any atom is 0.0808 e. The van der Waals surface area contributed by atoms with Crippen LogP contribution in [0.5, 0.6) is 0 Å². The van der Waals surface area contributed by atoms with Crippen LogP contribution in [-0.4, -0.2) is 30.8 Å². The summed E-state index contributed by atoms with van der Waals surface area (Å²) in [5.74, 6) is 0. The van der Waals surface area contributed by atoms with Gasteiger partial charge in [0.05, 0.1) is 11.2 Å². The van der Waals surface area contributed by atoms with Crippen LogP contribution in [-0.2, 0) is 11.3 Å². The second-order valence-electron chi connectivity index (χ2n) is 7.03. The van der Waals surface area contributed by atoms with E-state index in [1.807, 2.05) is 6.07 Å². The van der Waals surface area contributed by atoms with Crippen LogP contribution in [0.2, 0.25) is 5.02 Å². The Hall–Kier alpha value is -0.770. The molecule has 1 saturated heterocycles. The molecule has 1 aromatic carbocycles. The van der Waals surface area contributed by atoms with Gasteiger partial charge in [-0.2, -0.15) is 0 Å². The third kappa shape index (κ3) is 4.35. The zero-order valence-corrected chi connectivity index (χ0v) is 14.5. The number of benzene rings is 1. The van der Waals surface area contributed by atoms with E-state index in [2.05, 4.69) is 57.0 Å². The summed E-state index contributed by atoms with van der Waals surface area (Å²) in [7, 11) is 0. The Kier molecular flexibility index (Phi) is 4.86. The van der Waals surface area contributed by atoms with Crippen molar-refractivity contribution in [3.63, 3.8) is 0 Å². The average molecular weight is 311 g/mol. The van der Waals surface area contributed by atoms with Crippen molar-refractivity contribution >= 4 is 17.3 Å². The van der Waals surface area contributed by atoms with E-state index in [-0.39, 0.29) is 11.2 Å². The third-order valence-electron chi connectivity index (χ3n) is 3.64. The van der Waals surface area contributed by atoms with E-state index in [1.54, 1.807) is 0 Å². The summed E-state index contributed by atoms with van der Waals surface area (Å²) in [6.45, 7) is 14.3. The molecule has 0 bridgehead atoms. The van der Waals surface area contributed by atoms with Crippen LogP contribution in [0.15, 0.2) is 18.2 Å². The second kappa shape index (κ2) is 6.15. The Bertz CT molecular complexity index is 484. The van der Waals surface area contributed by atoms with Gasteiger partial charge in [0.25, 0.3) is 0 Å². The van der Waals surface area contributed by atoms with E-state index in [0.717, 1.165) is 31.2 Å². The number of ether oxygens (including phenoxy) is 1. The third-order valence-corrected chi connectivity index (χ3v) is 3.88. The molecule has 1 aromatic rings. The van der Waals surface area contributed by atoms with Gasteiger partial charge in [0.2, 0.25) is 0 Å². The highest BCUT2D eigenvalue weighted by Gasteiger charge is 2.38. The van der Waals surface area contributed by atoms with Crippen LogP contribution in [0.1, 0.15) is 40.2 Å². The highest BCUT2D eigenvalue weighted by molar-refractivity contribution is 6.30. The molecule has 0 aromatic heterocycles. The minimum Gasteiger partial charge on any atom is -0.366 e. The first-order chi connectivity index (χ1) is 9.72. The summed E-state index contributed by atoms with van der Waals surface area (Å²) in [5.41, 5.74) is 2.19. The first-order valence-electron chi connectivity index (χ1n) is 7.67. The molecule has 1 aliphatic rings. The van der Waals surface area contributed by atoms with Gasteiger partial charge >= 0.3 is 0 Å². The van der Waals surface area contributed by atoms with Crippen LogP contribution >= 0.6 is 11.6 Å². The Labute approximate surface area is 133 Å². The lowest BCUT2D eigenvalue weighted by molar-refractivity contribution is -0.133. The van der Waals surface area contributed by atoms with Crippen molar-refractivity contribution in [3.8, 4) is 0 Å². The topological polar surface area (TPSA) is 24.5 Å². The van der Waals surface area contributed by atoms with E-state index in [0.29, 0.717) is 0 Å². The lowest BCUT2D eigenvalue weighted by atomic mass is 9.97. The van der Waals surface area contributed by atoms with Crippen molar-refractivity contribution in [2.75, 3.05) is 24.5 Å². The number of nitrogens with one attached hydrogen (secondary N) is 1. The van der Waals surface area contributed by atoms with Crippen LogP contribution in [0.3, 0.4) is 0 Å². The quantitative estimate of drug-likeness (QED) is 0.914. The highest BCUT2D eigenvalue weighted by Crippen LogP contribution is 2.33. The van der Waals surface area contributed by atoms with Crippen LogP contribution in [0, 0.1) is 0 Å². The second-order valence-corrected chi connectivity index (χ2v) is 7.47. The fraction of sp³-hybridized carbons (Fsp3) is 0.647. The Morgan fingerprint density at radius 1 is 1.19 bits per heavy atom. The van der Waals surface area contributed by atoms with Crippen molar-refractivity contribution in [3.05, 3.63) is 28.8 Å². The van der Waals surface area contributed by atoms with Crippen LogP contribution < -0.4 is 10.2 Å². The number of hydrogen-bond acceptors (Lipinski definition) is 3. The molecule has 0 amide bonds. The molecule has 0 saturated carbocycles. The Morgan fingerprint density at radius 2 is 1.81 bits per heavy atom. The first-order valence-corrected chi connectivity index (χ1v) is 8.04. The minimum atomic E-state index is -0.156. The van der Waals surface area contributed by atoms with Crippen molar-refractivity contribution < 1.29 is 4.74 Å². The van der Waals surface area contributed by atoms with Crippen molar-refractivity contribution in [1.29, 1.82) is 0 Å². The highest BCUT2D eigenvalue weighted by atomic mass is 35.5. The number of halogens is 1. The predicted molar refractivity (Wildman–Crippen MR) is 90.3 cm³/mol. The van der Waals surface area contributed by atoms with E-state index in [9.17, 15) is 0 Å². The van der Waals surface area contributed by atoms with E-state index >= 15 is 0 Å². The maximum absolute atomic E-state index is 6.18. The van der Waals surface area contributed by atoms with Gasteiger partial charge in [0.1, 0.15) is 0 Å². The number of morpholine rings is 1. The summed E-state index contributed by atoms with van der Waals surface area (Å²) in [6, 6.07) is 6.17. The molecule has 2 rings (SSSR count). The molecule has 3 nitrogen and oxygen atoms in total. The van der Waals surface area contributed by atoms with Crippen molar-refractivity contribution in [1.82, 2.24) is 5.32 Å². The standard InChI is InChI=1S/C17H27ClN2O/c1-6-19-10-13-9-14(18)7-8-15(13)20-11-16(2,3)21-17(4,5)12-20/h7-9,19H,6,10-12H2,1-5H3. The molecule has 0 unspecified atom stereocenters. The zero-order valence-electron chi connectivity index (χ0n) is 13.8. The molecular weight excluding hydrogens is 284 g/mol. The SMILES string of the molecule is CCNCc1cc(Cl)ccc1N1CC(C)(C)OC(C)(C)C1. The van der Waals surface area contributed by atoms with Crippen LogP contribution in [0.25, 0.3) is 0 Å². The first kappa shape index (κ1) is 16.6. The normalized spacial score (nSPS) is 20.6. The van der Waals surface area contributed by atoms with Gasteiger partial charge in [-0.1, -0.05) is 18.5 Å². The monoisotopic (exact) mass is 310 g/mol. The zero-order chi connectivity index (χ0) is 15.7. The van der Waals surface area contributed by atoms with E-state index in [1.165, 1.54) is 11.3 Å². The molecule has 1 aliphatic heterocycles. The summed E-state index contributed by atoms with van der Waals surface area (Å²) < 4.78 is 6.17. The minimum absolute atomic E-state index is 0.156. The molecule has 1 heterocycles. The number of hydrogen-bond donors (Lipinski definition) is 1. The largest absolute Gasteiger partial charge is 0.366 e. The molecule has 4 heteroatoms. The van der Waals surface area contributed by atoms with E-state index in [4.69, 9.17) is 16.3 Å². The predicted octanol–water partition coefficient (Wildman–Crippen LogP) is 3.84. The van der Waals surface area contributed by atoms with E-state index < -0.39 is 0 Å². The number of rotatable bonds is 4. The smallest absolute Gasteiger partial charge is 0.0808 e. The van der Waals surface area contributed by atoms with Gasteiger partial charge in [-0.25, -0.2) is 0 Å². The molecular formula is C17H27ClN2O. The van der Waals surface area contributed by atoms with Crippen LogP contribution in [0.4, 0.5) is 5.69 Å². The molecule has 1 N–H and O–H groups in total. The lowest BCUT2D eigenvalue weighted by Gasteiger charge is -2.48. The Balaban J connectivity index is 2.31. The summed E-state index contributed by atoms with van der Waals surface area (Å²) in [4.78, 5) is 2.42. The Morgan fingerprint density at radius 3 is 2.38 bits per heavy atom. The molecule has 0 atom stereocenters. The fourth-order valence-corrected chi connectivity index (χ4v) is 3.42. The molecule has 0 spiro atoms. The van der Waals surface area contributed by atoms with Gasteiger partial charge in [-0.05, 0) is 58.0 Å². The van der Waals surface area contributed by atoms with Gasteiger partial charge < -0.3 is 15.0 Å². The number of nitrogens with zero attached hydrogens (tertiary/aromatic N) is 1. The summed E-state index contributed by atoms with van der Waals surface area (Å²) >= 11 is 6.18. The summed E-state index contributed by atoms with van der Waals surface area (Å²) in [5, 5.41) is 4.19. The lowest BCUT2D eigenvalue weighted by Crippen LogP contribution is -2.57. The molecule has 0 radical (unpaired) electrons. The molecule has 0 aliphatic carbocycles. The molecule has 118 valence electrons. The molecule has 21 heavy (non-hydrogen) atoms. The average Bonchev–Trinajstić information content (AvgIpc) is 2.32. The van der Waals surface area contributed by atoms with Gasteiger partial charge in [-0.3, -0.25) is 0 Å². The maximum atomic E-state index is 6.18.